The van der Waals surface area contributed by atoms with Crippen molar-refractivity contribution in [3.05, 3.63) is 0 Å². The van der Waals surface area contributed by atoms with Gasteiger partial charge >= 0.3 is 0 Å². The Kier molecular flexibility index (Phi) is 313. The van der Waals surface area contributed by atoms with Crippen LogP contribution in [-0.4, -0.2) is 0 Å². The normalized spacial score (nSPS) is 1.00. The summed E-state index contributed by atoms with van der Waals surface area (Å²) in [5.74, 6) is 0. The van der Waals surface area contributed by atoms with E-state index in [9.17, 15) is 0 Å². The van der Waals surface area contributed by atoms with E-state index in [1.165, 1.54) is 0 Å². The Morgan fingerprint density at radius 2 is 1.25 bits per heavy atom. The third-order valence-corrected chi connectivity index (χ3v) is 0. The van der Waals surface area contributed by atoms with Crippen molar-refractivity contribution in [2.75, 3.05) is 0 Å². The van der Waals surface area contributed by atoms with E-state index in [2.05, 4.69) is 12.4 Å². The smallest absolute Gasteiger partial charge is 0.0324 e. The van der Waals surface area contributed by atoms with Gasteiger partial charge in [0.2, 0.25) is 0 Å². The van der Waals surface area contributed by atoms with Crippen LogP contribution in [0.1, 0.15) is 0 Å². The second-order valence-electron chi connectivity index (χ2n) is 0. The van der Waals surface area contributed by atoms with Crippen LogP contribution < -0.4 is 0 Å². The van der Waals surface area contributed by atoms with Crippen LogP contribution in [0.25, 0.3) is 0 Å². The zero-order valence-electron chi connectivity index (χ0n) is 1.59. The van der Waals surface area contributed by atoms with Gasteiger partial charge in [-0.1, -0.05) is 0 Å². The molecule has 0 aromatic heterocycles. The maximum atomic E-state index is 5.33. The van der Waals surface area contributed by atoms with E-state index < -0.39 is 0 Å². The quantitative estimate of drug-likeness (QED) is 0.639. The predicted molar refractivity (Wildman–Crippen MR) is 11.2 cm³/mol. The van der Waals surface area contributed by atoms with Gasteiger partial charge < -0.3 is 0 Å². The van der Waals surface area contributed by atoms with Crippen molar-refractivity contribution in [1.82, 2.24) is 0 Å². The summed E-state index contributed by atoms with van der Waals surface area (Å²) in [4.78, 5) is 0. The Hall–Kier alpha value is 0.690. The van der Waals surface area contributed by atoms with Gasteiger partial charge in [0, 0.05) is 39.5 Å². The molecule has 4 heteroatoms. The van der Waals surface area contributed by atoms with Gasteiger partial charge in [0.05, 0.1) is 0 Å². The average Bonchev–Trinajstić information content (AvgIpc) is 1.00. The van der Waals surface area contributed by atoms with E-state index >= 15 is 0 Å². The van der Waals surface area contributed by atoms with E-state index in [-0.39, 0.29) is 27.1 Å². The maximum Gasteiger partial charge on any atom is 0.0324 e. The molecule has 0 heterocycles. The maximum absolute atomic E-state index is 5.33. The standard InChI is InChI=1S/Au.F.HNS/c;;1-2/h;;1H. The Morgan fingerprint density at radius 3 is 1.25 bits per heavy atom. The molecule has 0 fully saturated rings. The van der Waals surface area contributed by atoms with Crippen LogP contribution in [0, 0.1) is 4.78 Å². The van der Waals surface area contributed by atoms with Gasteiger partial charge in [0.1, 0.15) is 0 Å². The van der Waals surface area contributed by atoms with E-state index in [0.717, 1.165) is 0 Å². The van der Waals surface area contributed by atoms with E-state index in [1.54, 1.807) is 0 Å². The number of hydrogen-bond acceptors (Lipinski definition) is 2. The number of rotatable bonds is 0. The van der Waals surface area contributed by atoms with Crippen molar-refractivity contribution in [2.45, 2.75) is 0 Å². The molecule has 0 aromatic rings. The summed E-state index contributed by atoms with van der Waals surface area (Å²) in [6.07, 6.45) is 0. The minimum atomic E-state index is 0. The monoisotopic (exact) mass is 263 g/mol. The fraction of sp³-hybridized carbons (Fsp3) is 0. The molecule has 1 nitrogen and oxygen atoms in total. The predicted octanol–water partition coefficient (Wildman–Crippen LogP) is 0.713. The molecule has 0 atom stereocenters. The molecule has 4 heavy (non-hydrogen) atoms. The first kappa shape index (κ1) is 22.4. The molecule has 30 valence electrons. The SMILES string of the molecule is N=S.[Au].[F]. The molecule has 0 spiro atoms. The van der Waals surface area contributed by atoms with Crippen molar-refractivity contribution in [1.29, 1.82) is 4.78 Å². The van der Waals surface area contributed by atoms with Crippen LogP contribution in [0.4, 0.5) is 4.70 Å². The van der Waals surface area contributed by atoms with Crippen LogP contribution in [0.2, 0.25) is 0 Å². The van der Waals surface area contributed by atoms with Gasteiger partial charge in [-0.25, -0.2) is 4.78 Å². The Bertz CT molecular complexity index is 8.00. The zero-order chi connectivity index (χ0) is 2.00. The van der Waals surface area contributed by atoms with Crippen molar-refractivity contribution >= 4 is 12.4 Å². The molecular formula is HAuFNS. The van der Waals surface area contributed by atoms with Gasteiger partial charge in [-0.15, -0.1) is 0 Å². The molecule has 0 aliphatic heterocycles. The Balaban J connectivity index is -0.00000000500. The van der Waals surface area contributed by atoms with Gasteiger partial charge in [-0.05, 0) is 0 Å². The number of hydrogen-bond donors (Lipinski definition) is 1. The van der Waals surface area contributed by atoms with Gasteiger partial charge in [-0.3, -0.25) is 0 Å². The first-order chi connectivity index (χ1) is 1.00. The molecule has 0 aliphatic carbocycles. The summed E-state index contributed by atoms with van der Waals surface area (Å²) in [6.45, 7) is 0. The van der Waals surface area contributed by atoms with Crippen molar-refractivity contribution in [2.24, 2.45) is 0 Å². The fourth-order valence-corrected chi connectivity index (χ4v) is 0. The molecule has 0 amide bonds. The zero-order valence-corrected chi connectivity index (χ0v) is 4.57. The summed E-state index contributed by atoms with van der Waals surface area (Å²) >= 11 is 3.33. The van der Waals surface area contributed by atoms with E-state index in [1.807, 2.05) is 0 Å². The first-order valence-electron chi connectivity index (χ1n) is 0.204. The molecule has 0 bridgehead atoms. The Morgan fingerprint density at radius 1 is 1.25 bits per heavy atom. The van der Waals surface area contributed by atoms with Crippen molar-refractivity contribution < 1.29 is 27.1 Å². The van der Waals surface area contributed by atoms with Crippen LogP contribution >= 0.6 is 0 Å². The van der Waals surface area contributed by atoms with Crippen molar-refractivity contribution in [3.63, 3.8) is 0 Å². The largest absolute Gasteiger partial charge is 0.235 e. The van der Waals surface area contributed by atoms with Gasteiger partial charge in [0.15, 0.2) is 0 Å². The van der Waals surface area contributed by atoms with Crippen LogP contribution in [0.3, 0.4) is 0 Å². The van der Waals surface area contributed by atoms with Crippen LogP contribution in [-0.2, 0) is 34.8 Å². The summed E-state index contributed by atoms with van der Waals surface area (Å²) < 4.78 is 5.33. The fourth-order valence-electron chi connectivity index (χ4n) is 0. The second-order valence-corrected chi connectivity index (χ2v) is 0. The Labute approximate surface area is 44.6 Å². The summed E-state index contributed by atoms with van der Waals surface area (Å²) in [6, 6.07) is 0. The van der Waals surface area contributed by atoms with Crippen LogP contribution in [0.15, 0.2) is 0 Å². The molecule has 2 radical (unpaired) electrons. The third-order valence-electron chi connectivity index (χ3n) is 0. The second kappa shape index (κ2) is 56.1. The minimum absolute atomic E-state index is 0. The molecule has 0 unspecified atom stereocenters. The topological polar surface area (TPSA) is 23.9 Å². The number of halogens is 1. The molecule has 1 N–H and O–H groups in total. The van der Waals surface area contributed by atoms with Crippen molar-refractivity contribution in [3.8, 4) is 0 Å². The van der Waals surface area contributed by atoms with Crippen LogP contribution in [0.5, 0.6) is 0 Å². The first-order valence-corrected chi connectivity index (χ1v) is 0.612. The molecule has 0 aliphatic rings. The molecule has 0 aromatic carbocycles. The van der Waals surface area contributed by atoms with Gasteiger partial charge in [-0.2, -0.15) is 0 Å². The molecule has 0 saturated carbocycles. The molecular weight excluding hydrogens is 262 g/mol. The van der Waals surface area contributed by atoms with Gasteiger partial charge in [0.25, 0.3) is 0 Å². The summed E-state index contributed by atoms with van der Waals surface area (Å²) in [5, 5.41) is 0. The average molecular weight is 263 g/mol. The minimum Gasteiger partial charge on any atom is -0.235 e. The third kappa shape index (κ3) is 16.1. The van der Waals surface area contributed by atoms with E-state index in [4.69, 9.17) is 4.78 Å². The summed E-state index contributed by atoms with van der Waals surface area (Å²) in [5.41, 5.74) is 0. The molecule has 0 rings (SSSR count). The van der Waals surface area contributed by atoms with E-state index in [0.29, 0.717) is 0 Å². The summed E-state index contributed by atoms with van der Waals surface area (Å²) in [7, 11) is 0. The molecule has 0 saturated heterocycles. The number of nitrogens with one attached hydrogen (secondary N) is 1.